The summed E-state index contributed by atoms with van der Waals surface area (Å²) in [5.41, 5.74) is 2.59. The van der Waals surface area contributed by atoms with E-state index in [0.29, 0.717) is 19.0 Å². The van der Waals surface area contributed by atoms with Crippen LogP contribution in [0.15, 0.2) is 24.7 Å². The zero-order valence-corrected chi connectivity index (χ0v) is 13.5. The molecule has 1 unspecified atom stereocenters. The molecule has 0 bridgehead atoms. The van der Waals surface area contributed by atoms with E-state index >= 15 is 0 Å². The number of hydrogen-bond acceptors (Lipinski definition) is 5. The molecule has 1 saturated heterocycles. The molecule has 0 aliphatic carbocycles. The van der Waals surface area contributed by atoms with Gasteiger partial charge >= 0.3 is 0 Å². The molecule has 22 heavy (non-hydrogen) atoms. The number of sulfonamides is 1. The summed E-state index contributed by atoms with van der Waals surface area (Å²) >= 11 is 0. The second-order valence-electron chi connectivity index (χ2n) is 5.72. The molecule has 2 aromatic heterocycles. The van der Waals surface area contributed by atoms with E-state index in [9.17, 15) is 8.42 Å². The highest BCUT2D eigenvalue weighted by Gasteiger charge is 2.28. The minimum Gasteiger partial charge on any atom is -0.266 e. The molecule has 0 radical (unpaired) electrons. The Balaban J connectivity index is 1.73. The van der Waals surface area contributed by atoms with Crippen LogP contribution in [0.1, 0.15) is 12.1 Å². The molecule has 7 nitrogen and oxygen atoms in total. The Bertz CT molecular complexity index is 771. The molecule has 1 aliphatic rings. The third-order valence-corrected chi connectivity index (χ3v) is 5.25. The maximum atomic E-state index is 11.6. The fourth-order valence-electron chi connectivity index (χ4n) is 2.81. The predicted octanol–water partition coefficient (Wildman–Crippen LogP) is 0.701. The monoisotopic (exact) mass is 321 g/mol. The lowest BCUT2D eigenvalue weighted by molar-refractivity contribution is 0.459. The van der Waals surface area contributed by atoms with Crippen LogP contribution in [0.2, 0.25) is 0 Å². The van der Waals surface area contributed by atoms with E-state index in [4.69, 9.17) is 0 Å². The lowest BCUT2D eigenvalue weighted by atomic mass is 10.0. The van der Waals surface area contributed by atoms with Gasteiger partial charge in [0.05, 0.1) is 23.8 Å². The van der Waals surface area contributed by atoms with Crippen molar-refractivity contribution in [3.63, 3.8) is 0 Å². The van der Waals surface area contributed by atoms with Crippen molar-refractivity contribution in [2.24, 2.45) is 13.0 Å². The Morgan fingerprint density at radius 2 is 2.18 bits per heavy atom. The van der Waals surface area contributed by atoms with Gasteiger partial charge in [0, 0.05) is 32.5 Å². The first-order chi connectivity index (χ1) is 10.4. The summed E-state index contributed by atoms with van der Waals surface area (Å²) in [6.07, 6.45) is 8.07. The van der Waals surface area contributed by atoms with Crippen LogP contribution in [0.4, 0.5) is 0 Å². The van der Waals surface area contributed by atoms with E-state index in [1.807, 2.05) is 13.1 Å². The van der Waals surface area contributed by atoms with Gasteiger partial charge in [0.15, 0.2) is 0 Å². The fraction of sp³-hybridized carbons (Fsp3) is 0.500. The molecule has 1 aliphatic heterocycles. The molecule has 0 N–H and O–H groups in total. The Kier molecular flexibility index (Phi) is 3.96. The zero-order chi connectivity index (χ0) is 15.7. The van der Waals surface area contributed by atoms with Crippen LogP contribution < -0.4 is 0 Å². The number of rotatable bonds is 4. The largest absolute Gasteiger partial charge is 0.266 e. The van der Waals surface area contributed by atoms with Crippen LogP contribution in [0.5, 0.6) is 0 Å². The van der Waals surface area contributed by atoms with Gasteiger partial charge in [0.25, 0.3) is 0 Å². The third-order valence-electron chi connectivity index (χ3n) is 3.98. The Morgan fingerprint density at radius 1 is 1.36 bits per heavy atom. The average Bonchev–Trinajstić information content (AvgIpc) is 3.07. The molecular weight excluding hydrogens is 302 g/mol. The first-order valence-corrected chi connectivity index (χ1v) is 9.03. The van der Waals surface area contributed by atoms with E-state index in [2.05, 4.69) is 15.1 Å². The van der Waals surface area contributed by atoms with Gasteiger partial charge in [-0.2, -0.15) is 5.10 Å². The highest BCUT2D eigenvalue weighted by molar-refractivity contribution is 7.88. The minimum atomic E-state index is -3.09. The summed E-state index contributed by atoms with van der Waals surface area (Å²) in [7, 11) is -1.23. The second-order valence-corrected chi connectivity index (χ2v) is 7.70. The van der Waals surface area contributed by atoms with Crippen molar-refractivity contribution in [3.05, 3.63) is 30.4 Å². The SMILES string of the molecule is Cn1nccc1-c1cncc(CC2CCN(S(C)(=O)=O)C2)n1. The Morgan fingerprint density at radius 3 is 2.82 bits per heavy atom. The first-order valence-electron chi connectivity index (χ1n) is 7.18. The van der Waals surface area contributed by atoms with E-state index in [1.54, 1.807) is 23.3 Å². The van der Waals surface area contributed by atoms with Crippen LogP contribution in [-0.4, -0.2) is 51.8 Å². The van der Waals surface area contributed by atoms with Crippen molar-refractivity contribution < 1.29 is 8.42 Å². The van der Waals surface area contributed by atoms with Crippen molar-refractivity contribution in [2.75, 3.05) is 19.3 Å². The molecule has 1 fully saturated rings. The molecule has 0 amide bonds. The highest BCUT2D eigenvalue weighted by atomic mass is 32.2. The van der Waals surface area contributed by atoms with Crippen molar-refractivity contribution in [1.29, 1.82) is 0 Å². The Hall–Kier alpha value is -1.80. The topological polar surface area (TPSA) is 81.0 Å². The van der Waals surface area contributed by atoms with E-state index < -0.39 is 10.0 Å². The molecule has 3 heterocycles. The maximum Gasteiger partial charge on any atom is 0.211 e. The van der Waals surface area contributed by atoms with Crippen molar-refractivity contribution in [1.82, 2.24) is 24.1 Å². The summed E-state index contributed by atoms with van der Waals surface area (Å²) in [6.45, 7) is 1.16. The summed E-state index contributed by atoms with van der Waals surface area (Å²) in [6, 6.07) is 1.90. The standard InChI is InChI=1S/C14H19N5O2S/c1-18-14(3-5-16-18)13-9-15-8-12(17-13)7-11-4-6-19(10-11)22(2,20)21/h3,5,8-9,11H,4,6-7,10H2,1-2H3. The average molecular weight is 321 g/mol. The maximum absolute atomic E-state index is 11.6. The van der Waals surface area contributed by atoms with Crippen LogP contribution in [0.25, 0.3) is 11.4 Å². The molecular formula is C14H19N5O2S. The van der Waals surface area contributed by atoms with Gasteiger partial charge in [0.2, 0.25) is 10.0 Å². The molecule has 0 saturated carbocycles. The summed E-state index contributed by atoms with van der Waals surface area (Å²) in [5, 5.41) is 4.14. The number of hydrogen-bond donors (Lipinski definition) is 0. The molecule has 8 heteroatoms. The lowest BCUT2D eigenvalue weighted by Crippen LogP contribution is -2.27. The quantitative estimate of drug-likeness (QED) is 0.828. The first kappa shape index (κ1) is 15.1. The van der Waals surface area contributed by atoms with Gasteiger partial charge in [-0.15, -0.1) is 0 Å². The smallest absolute Gasteiger partial charge is 0.211 e. The molecule has 2 aromatic rings. The third kappa shape index (κ3) is 3.17. The van der Waals surface area contributed by atoms with Crippen LogP contribution in [0, 0.1) is 5.92 Å². The summed E-state index contributed by atoms with van der Waals surface area (Å²) in [5.74, 6) is 0.297. The summed E-state index contributed by atoms with van der Waals surface area (Å²) in [4.78, 5) is 8.89. The lowest BCUT2D eigenvalue weighted by Gasteiger charge is -2.13. The number of nitrogens with zero attached hydrogens (tertiary/aromatic N) is 5. The second kappa shape index (κ2) is 5.77. The van der Waals surface area contributed by atoms with Gasteiger partial charge in [-0.1, -0.05) is 0 Å². The van der Waals surface area contributed by atoms with Crippen LogP contribution >= 0.6 is 0 Å². The van der Waals surface area contributed by atoms with Crippen molar-refractivity contribution in [2.45, 2.75) is 12.8 Å². The fourth-order valence-corrected chi connectivity index (χ4v) is 3.73. The Labute approximate surface area is 130 Å². The molecule has 118 valence electrons. The number of aromatic nitrogens is 4. The highest BCUT2D eigenvalue weighted by Crippen LogP contribution is 2.23. The van der Waals surface area contributed by atoms with Crippen molar-refractivity contribution in [3.8, 4) is 11.4 Å². The molecule has 3 rings (SSSR count). The van der Waals surface area contributed by atoms with E-state index in [0.717, 1.165) is 29.9 Å². The van der Waals surface area contributed by atoms with E-state index in [1.165, 1.54) is 10.6 Å². The predicted molar refractivity (Wildman–Crippen MR) is 82.5 cm³/mol. The molecule has 0 aromatic carbocycles. The van der Waals surface area contributed by atoms with Gasteiger partial charge in [-0.25, -0.2) is 17.7 Å². The van der Waals surface area contributed by atoms with Gasteiger partial charge < -0.3 is 0 Å². The van der Waals surface area contributed by atoms with E-state index in [-0.39, 0.29) is 0 Å². The van der Waals surface area contributed by atoms with Crippen molar-refractivity contribution >= 4 is 10.0 Å². The normalized spacial score (nSPS) is 19.6. The summed E-state index contributed by atoms with van der Waals surface area (Å²) < 4.78 is 26.4. The zero-order valence-electron chi connectivity index (χ0n) is 12.7. The van der Waals surface area contributed by atoms with Gasteiger partial charge in [-0.3, -0.25) is 9.67 Å². The molecule has 1 atom stereocenters. The van der Waals surface area contributed by atoms with Crippen LogP contribution in [-0.2, 0) is 23.5 Å². The molecule has 0 spiro atoms. The number of aryl methyl sites for hydroxylation is 1. The van der Waals surface area contributed by atoms with Gasteiger partial charge in [-0.05, 0) is 24.8 Å². The minimum absolute atomic E-state index is 0.297. The van der Waals surface area contributed by atoms with Crippen LogP contribution in [0.3, 0.4) is 0 Å². The van der Waals surface area contributed by atoms with Gasteiger partial charge in [0.1, 0.15) is 5.69 Å².